The summed E-state index contributed by atoms with van der Waals surface area (Å²) in [6.45, 7) is 1.85. The molecule has 1 amide bonds. The van der Waals surface area contributed by atoms with Crippen molar-refractivity contribution in [2.45, 2.75) is 20.1 Å². The highest BCUT2D eigenvalue weighted by Crippen LogP contribution is 2.27. The van der Waals surface area contributed by atoms with Crippen LogP contribution in [0.1, 0.15) is 27.4 Å². The summed E-state index contributed by atoms with van der Waals surface area (Å²) in [5.74, 6) is -0.200. The molecule has 2 heterocycles. The van der Waals surface area contributed by atoms with Crippen LogP contribution in [0.2, 0.25) is 15.1 Å². The molecule has 0 saturated heterocycles. The molecule has 0 aliphatic rings. The molecule has 2 aromatic carbocycles. The number of carbonyl (C=O) groups excluding carboxylic acids is 1. The van der Waals surface area contributed by atoms with Crippen LogP contribution in [0.4, 0.5) is 10.2 Å². The number of anilines is 1. The highest BCUT2D eigenvalue weighted by Gasteiger charge is 2.22. The molecular formula is C22H16Cl3FN4O3. The number of hydrogen-bond acceptors (Lipinski definition) is 5. The van der Waals surface area contributed by atoms with Gasteiger partial charge in [0.1, 0.15) is 29.0 Å². The van der Waals surface area contributed by atoms with Crippen molar-refractivity contribution >= 4 is 46.5 Å². The van der Waals surface area contributed by atoms with Crippen molar-refractivity contribution in [2.24, 2.45) is 0 Å². The zero-order chi connectivity index (χ0) is 23.5. The first-order valence-corrected chi connectivity index (χ1v) is 10.8. The Labute approximate surface area is 203 Å². The number of aryl methyl sites for hydroxylation is 1. The lowest BCUT2D eigenvalue weighted by atomic mass is 10.2. The third kappa shape index (κ3) is 5.30. The van der Waals surface area contributed by atoms with Gasteiger partial charge in [-0.2, -0.15) is 5.10 Å². The number of nitrogens with one attached hydrogen (secondary N) is 1. The van der Waals surface area contributed by atoms with Gasteiger partial charge in [-0.25, -0.2) is 4.39 Å². The molecule has 33 heavy (non-hydrogen) atoms. The van der Waals surface area contributed by atoms with Gasteiger partial charge in [-0.1, -0.05) is 52.1 Å². The van der Waals surface area contributed by atoms with E-state index in [1.54, 1.807) is 37.4 Å². The molecule has 11 heteroatoms. The fraction of sp³-hybridized carbons (Fsp3) is 0.136. The second-order valence-electron chi connectivity index (χ2n) is 6.99. The molecule has 0 bridgehead atoms. The minimum Gasteiger partial charge on any atom is -0.489 e. The van der Waals surface area contributed by atoms with Crippen molar-refractivity contribution in [3.63, 3.8) is 0 Å². The molecule has 4 rings (SSSR count). The Morgan fingerprint density at radius 2 is 1.85 bits per heavy atom. The maximum atomic E-state index is 13.4. The third-order valence-electron chi connectivity index (χ3n) is 4.71. The van der Waals surface area contributed by atoms with Crippen LogP contribution in [0, 0.1) is 12.7 Å². The molecule has 0 spiro atoms. The monoisotopic (exact) mass is 508 g/mol. The van der Waals surface area contributed by atoms with E-state index in [0.29, 0.717) is 32.7 Å². The summed E-state index contributed by atoms with van der Waals surface area (Å²) in [5.41, 5.74) is 1.08. The van der Waals surface area contributed by atoms with E-state index in [-0.39, 0.29) is 29.7 Å². The number of rotatable bonds is 7. The van der Waals surface area contributed by atoms with Crippen molar-refractivity contribution in [3.05, 3.63) is 92.1 Å². The van der Waals surface area contributed by atoms with Crippen LogP contribution >= 0.6 is 34.8 Å². The predicted octanol–water partition coefficient (Wildman–Crippen LogP) is 6.16. The van der Waals surface area contributed by atoms with Crippen molar-refractivity contribution in [1.82, 2.24) is 14.9 Å². The average Bonchev–Trinajstić information content (AvgIpc) is 3.31. The number of nitrogens with zero attached hydrogens (tertiary/aromatic N) is 3. The highest BCUT2D eigenvalue weighted by molar-refractivity contribution is 6.36. The van der Waals surface area contributed by atoms with E-state index in [0.717, 1.165) is 0 Å². The summed E-state index contributed by atoms with van der Waals surface area (Å²) >= 11 is 18.7. The molecule has 0 fully saturated rings. The molecule has 2 aromatic heterocycles. The summed E-state index contributed by atoms with van der Waals surface area (Å²) in [5, 5.41) is 11.9. The number of aromatic nitrogens is 3. The Balaban J connectivity index is 1.49. The molecule has 0 saturated carbocycles. The Kier molecular flexibility index (Phi) is 6.88. The zero-order valence-electron chi connectivity index (χ0n) is 17.1. The third-order valence-corrected chi connectivity index (χ3v) is 5.69. The quantitative estimate of drug-likeness (QED) is 0.323. The lowest BCUT2D eigenvalue weighted by Gasteiger charge is -2.07. The average molecular weight is 510 g/mol. The number of halogens is 4. The largest absolute Gasteiger partial charge is 0.489 e. The predicted molar refractivity (Wildman–Crippen MR) is 123 cm³/mol. The van der Waals surface area contributed by atoms with E-state index in [4.69, 9.17) is 44.1 Å². The van der Waals surface area contributed by atoms with Gasteiger partial charge in [0.15, 0.2) is 11.5 Å². The normalized spacial score (nSPS) is 10.9. The smallest absolute Gasteiger partial charge is 0.279 e. The van der Waals surface area contributed by atoms with Gasteiger partial charge in [-0.3, -0.25) is 9.48 Å². The lowest BCUT2D eigenvalue weighted by Crippen LogP contribution is -2.16. The van der Waals surface area contributed by atoms with Gasteiger partial charge in [0.05, 0.1) is 12.1 Å². The molecule has 0 atom stereocenters. The summed E-state index contributed by atoms with van der Waals surface area (Å²) in [6.07, 6.45) is 1.54. The highest BCUT2D eigenvalue weighted by atomic mass is 35.5. The molecule has 0 aliphatic carbocycles. The molecular weight excluding hydrogens is 494 g/mol. The maximum absolute atomic E-state index is 13.4. The van der Waals surface area contributed by atoms with Crippen LogP contribution in [0.5, 0.6) is 5.75 Å². The van der Waals surface area contributed by atoms with E-state index in [1.807, 2.05) is 0 Å². The summed E-state index contributed by atoms with van der Waals surface area (Å²) in [6, 6.07) is 10.8. The van der Waals surface area contributed by atoms with Gasteiger partial charge in [-0.05, 0) is 31.2 Å². The Morgan fingerprint density at radius 3 is 2.58 bits per heavy atom. The van der Waals surface area contributed by atoms with Gasteiger partial charge in [0.2, 0.25) is 0 Å². The first-order chi connectivity index (χ1) is 15.8. The molecule has 0 unspecified atom stereocenters. The van der Waals surface area contributed by atoms with Crippen LogP contribution < -0.4 is 10.1 Å². The minimum absolute atomic E-state index is 0.00340. The van der Waals surface area contributed by atoms with E-state index in [1.165, 1.54) is 22.9 Å². The zero-order valence-corrected chi connectivity index (χ0v) is 19.4. The van der Waals surface area contributed by atoms with Crippen LogP contribution in [0.3, 0.4) is 0 Å². The van der Waals surface area contributed by atoms with Crippen LogP contribution in [-0.2, 0) is 13.2 Å². The second-order valence-corrected chi connectivity index (χ2v) is 8.21. The summed E-state index contributed by atoms with van der Waals surface area (Å²) in [4.78, 5) is 12.8. The van der Waals surface area contributed by atoms with Crippen LogP contribution in [0.15, 0.2) is 53.2 Å². The summed E-state index contributed by atoms with van der Waals surface area (Å²) < 4.78 is 25.6. The van der Waals surface area contributed by atoms with Crippen molar-refractivity contribution in [2.75, 3.05) is 5.32 Å². The minimum atomic E-state index is -0.590. The van der Waals surface area contributed by atoms with Crippen molar-refractivity contribution < 1.29 is 18.4 Å². The van der Waals surface area contributed by atoms with Crippen LogP contribution in [0.25, 0.3) is 0 Å². The molecule has 0 radical (unpaired) electrons. The topological polar surface area (TPSA) is 82.2 Å². The molecule has 0 aliphatic heterocycles. The van der Waals surface area contributed by atoms with Gasteiger partial charge in [0, 0.05) is 27.9 Å². The van der Waals surface area contributed by atoms with E-state index < -0.39 is 11.7 Å². The SMILES string of the molecule is Cc1onc(C(=O)Nc2nn(Cc3c(Cl)cccc3Cl)cc2Cl)c1COc1cccc(F)c1. The number of benzene rings is 2. The van der Waals surface area contributed by atoms with Gasteiger partial charge < -0.3 is 14.6 Å². The molecule has 1 N–H and O–H groups in total. The maximum Gasteiger partial charge on any atom is 0.279 e. The Bertz CT molecular complexity index is 1300. The summed E-state index contributed by atoms with van der Waals surface area (Å²) in [7, 11) is 0. The molecule has 7 nitrogen and oxygen atoms in total. The van der Waals surface area contributed by atoms with E-state index in [2.05, 4.69) is 15.6 Å². The fourth-order valence-corrected chi connectivity index (χ4v) is 3.74. The standard InChI is InChI=1S/C22H16Cl3FN4O3/c1-12-16(11-32-14-5-2-4-13(26)8-14)20(29-33-12)22(31)27-21-19(25)10-30(28-21)9-15-17(23)6-3-7-18(15)24/h2-8,10H,9,11H2,1H3,(H,27,28,31). The number of ether oxygens (including phenoxy) is 1. The Morgan fingerprint density at radius 1 is 1.12 bits per heavy atom. The first kappa shape index (κ1) is 23.1. The van der Waals surface area contributed by atoms with Crippen LogP contribution in [-0.4, -0.2) is 20.8 Å². The Hall–Kier alpha value is -3.07. The first-order valence-electron chi connectivity index (χ1n) is 9.62. The van der Waals surface area contributed by atoms with Crippen molar-refractivity contribution in [1.29, 1.82) is 0 Å². The van der Waals surface area contributed by atoms with Gasteiger partial charge in [0.25, 0.3) is 5.91 Å². The number of hydrogen-bond donors (Lipinski definition) is 1. The lowest BCUT2D eigenvalue weighted by molar-refractivity contribution is 0.101. The van der Waals surface area contributed by atoms with Crippen molar-refractivity contribution in [3.8, 4) is 5.75 Å². The van der Waals surface area contributed by atoms with Gasteiger partial charge in [-0.15, -0.1) is 0 Å². The fourth-order valence-electron chi connectivity index (χ4n) is 3.03. The number of carbonyl (C=O) groups is 1. The van der Waals surface area contributed by atoms with E-state index >= 15 is 0 Å². The second kappa shape index (κ2) is 9.82. The van der Waals surface area contributed by atoms with E-state index in [9.17, 15) is 9.18 Å². The molecule has 170 valence electrons. The van der Waals surface area contributed by atoms with Gasteiger partial charge >= 0.3 is 0 Å². The molecule has 4 aromatic rings. The number of amides is 1.